The summed E-state index contributed by atoms with van der Waals surface area (Å²) in [6.07, 6.45) is 5.33. The topological polar surface area (TPSA) is 0 Å². The van der Waals surface area contributed by atoms with Crippen LogP contribution < -0.4 is 0 Å². The van der Waals surface area contributed by atoms with Crippen LogP contribution in [0.15, 0.2) is 22.8 Å². The van der Waals surface area contributed by atoms with Crippen molar-refractivity contribution in [3.8, 4) is 0 Å². The summed E-state index contributed by atoms with van der Waals surface area (Å²) in [6.45, 7) is 6.63. The molecule has 1 unspecified atom stereocenters. The molecular weight excluding hydrogens is 156 g/mol. The molecule has 0 N–H and O–H groups in total. The Kier molecular flexibility index (Phi) is 2.78. The lowest BCUT2D eigenvalue weighted by molar-refractivity contribution is 0.443. The van der Waals surface area contributed by atoms with Crippen molar-refractivity contribution in [2.45, 2.75) is 27.2 Å². The Morgan fingerprint density at radius 1 is 1.55 bits per heavy atom. The third kappa shape index (κ3) is 1.87. The first-order valence-corrected chi connectivity index (χ1v) is 4.53. The van der Waals surface area contributed by atoms with Crippen molar-refractivity contribution in [2.75, 3.05) is 0 Å². The van der Waals surface area contributed by atoms with Gasteiger partial charge in [-0.15, -0.1) is 0 Å². The maximum absolute atomic E-state index is 6.00. The van der Waals surface area contributed by atoms with Gasteiger partial charge >= 0.3 is 0 Å². The molecule has 0 amide bonds. The van der Waals surface area contributed by atoms with Crippen LogP contribution in [0.25, 0.3) is 0 Å². The first-order chi connectivity index (χ1) is 5.13. The fourth-order valence-electron chi connectivity index (χ4n) is 1.58. The van der Waals surface area contributed by atoms with Crippen LogP contribution in [0.5, 0.6) is 0 Å². The van der Waals surface area contributed by atoms with Crippen LogP contribution in [-0.2, 0) is 0 Å². The molecule has 0 saturated heterocycles. The van der Waals surface area contributed by atoms with Crippen molar-refractivity contribution in [3.63, 3.8) is 0 Å². The summed E-state index contributed by atoms with van der Waals surface area (Å²) in [4.78, 5) is 0. The van der Waals surface area contributed by atoms with Gasteiger partial charge in [-0.2, -0.15) is 0 Å². The van der Waals surface area contributed by atoms with Crippen LogP contribution in [0.1, 0.15) is 27.2 Å². The average molecular weight is 171 g/mol. The fraction of sp³-hybridized carbons (Fsp3) is 0.600. The molecule has 11 heavy (non-hydrogen) atoms. The minimum absolute atomic E-state index is 0.660. The van der Waals surface area contributed by atoms with E-state index in [0.29, 0.717) is 11.8 Å². The highest BCUT2D eigenvalue weighted by molar-refractivity contribution is 6.31. The van der Waals surface area contributed by atoms with Crippen molar-refractivity contribution in [1.82, 2.24) is 0 Å². The zero-order valence-electron chi connectivity index (χ0n) is 7.39. The summed E-state index contributed by atoms with van der Waals surface area (Å²) in [5, 5.41) is 0.940. The number of rotatable bonds is 1. The van der Waals surface area contributed by atoms with Gasteiger partial charge in [0.1, 0.15) is 0 Å². The maximum atomic E-state index is 6.00. The highest BCUT2D eigenvalue weighted by atomic mass is 35.5. The second-order valence-electron chi connectivity index (χ2n) is 3.52. The standard InChI is InChI=1S/C10H15Cl/c1-7(2)9-5-4-6-10(11)8(9)3/h4,6-7,9H,5H2,1-3H3. The molecule has 0 saturated carbocycles. The molecule has 1 rings (SSSR count). The summed E-state index contributed by atoms with van der Waals surface area (Å²) in [5.74, 6) is 1.36. The molecule has 0 nitrogen and oxygen atoms in total. The van der Waals surface area contributed by atoms with Crippen LogP contribution in [-0.4, -0.2) is 0 Å². The summed E-state index contributed by atoms with van der Waals surface area (Å²) < 4.78 is 0. The molecule has 0 aromatic heterocycles. The van der Waals surface area contributed by atoms with Crippen LogP contribution in [0.2, 0.25) is 0 Å². The van der Waals surface area contributed by atoms with Crippen molar-refractivity contribution in [1.29, 1.82) is 0 Å². The van der Waals surface area contributed by atoms with E-state index in [4.69, 9.17) is 11.6 Å². The van der Waals surface area contributed by atoms with E-state index in [1.54, 1.807) is 0 Å². The smallest absolute Gasteiger partial charge is 0.0395 e. The minimum atomic E-state index is 0.660. The van der Waals surface area contributed by atoms with E-state index >= 15 is 0 Å². The van der Waals surface area contributed by atoms with Crippen LogP contribution in [0.4, 0.5) is 0 Å². The number of halogens is 1. The Labute approximate surface area is 73.9 Å². The maximum Gasteiger partial charge on any atom is 0.0395 e. The third-order valence-electron chi connectivity index (χ3n) is 2.39. The summed E-state index contributed by atoms with van der Waals surface area (Å²) >= 11 is 6.00. The Morgan fingerprint density at radius 3 is 2.64 bits per heavy atom. The van der Waals surface area contributed by atoms with E-state index in [-0.39, 0.29) is 0 Å². The number of hydrogen-bond donors (Lipinski definition) is 0. The lowest BCUT2D eigenvalue weighted by Gasteiger charge is -2.23. The zero-order valence-corrected chi connectivity index (χ0v) is 8.15. The average Bonchev–Trinajstić information content (AvgIpc) is 1.94. The SMILES string of the molecule is CC1=C(Cl)C=CCC1C(C)C. The predicted molar refractivity (Wildman–Crippen MR) is 50.6 cm³/mol. The molecule has 0 heterocycles. The van der Waals surface area contributed by atoms with E-state index in [1.165, 1.54) is 5.57 Å². The van der Waals surface area contributed by atoms with Gasteiger partial charge in [0.15, 0.2) is 0 Å². The molecule has 0 aliphatic heterocycles. The highest BCUT2D eigenvalue weighted by Gasteiger charge is 2.18. The molecule has 1 aliphatic rings. The van der Waals surface area contributed by atoms with Crippen LogP contribution in [0, 0.1) is 11.8 Å². The third-order valence-corrected chi connectivity index (χ3v) is 2.82. The van der Waals surface area contributed by atoms with E-state index < -0.39 is 0 Å². The van der Waals surface area contributed by atoms with Gasteiger partial charge < -0.3 is 0 Å². The second-order valence-corrected chi connectivity index (χ2v) is 3.93. The Morgan fingerprint density at radius 2 is 2.18 bits per heavy atom. The lowest BCUT2D eigenvalue weighted by atomic mass is 9.84. The molecule has 0 bridgehead atoms. The zero-order chi connectivity index (χ0) is 8.43. The van der Waals surface area contributed by atoms with E-state index in [0.717, 1.165) is 11.5 Å². The molecule has 0 aromatic carbocycles. The summed E-state index contributed by atoms with van der Waals surface area (Å²) in [6, 6.07) is 0. The molecule has 62 valence electrons. The monoisotopic (exact) mass is 170 g/mol. The van der Waals surface area contributed by atoms with E-state index in [1.807, 2.05) is 6.08 Å². The van der Waals surface area contributed by atoms with Gasteiger partial charge in [-0.05, 0) is 31.3 Å². The summed E-state index contributed by atoms with van der Waals surface area (Å²) in [7, 11) is 0. The molecule has 0 fully saturated rings. The van der Waals surface area contributed by atoms with Gasteiger partial charge in [0.2, 0.25) is 0 Å². The van der Waals surface area contributed by atoms with Crippen molar-refractivity contribution in [3.05, 3.63) is 22.8 Å². The van der Waals surface area contributed by atoms with Crippen LogP contribution >= 0.6 is 11.6 Å². The van der Waals surface area contributed by atoms with Gasteiger partial charge in [-0.25, -0.2) is 0 Å². The first-order valence-electron chi connectivity index (χ1n) is 4.15. The lowest BCUT2D eigenvalue weighted by Crippen LogP contribution is -2.12. The van der Waals surface area contributed by atoms with Gasteiger partial charge in [0, 0.05) is 5.03 Å². The minimum Gasteiger partial charge on any atom is -0.0844 e. The number of hydrogen-bond acceptors (Lipinski definition) is 0. The molecular formula is C10H15Cl. The van der Waals surface area contributed by atoms with E-state index in [9.17, 15) is 0 Å². The Bertz CT molecular complexity index is 199. The largest absolute Gasteiger partial charge is 0.0844 e. The van der Waals surface area contributed by atoms with Crippen molar-refractivity contribution < 1.29 is 0 Å². The molecule has 1 aliphatic carbocycles. The molecule has 1 atom stereocenters. The molecule has 1 heteroatoms. The van der Waals surface area contributed by atoms with Gasteiger partial charge in [0.05, 0.1) is 0 Å². The molecule has 0 spiro atoms. The van der Waals surface area contributed by atoms with Gasteiger partial charge in [-0.1, -0.05) is 37.1 Å². The van der Waals surface area contributed by atoms with Gasteiger partial charge in [-0.3, -0.25) is 0 Å². The summed E-state index contributed by atoms with van der Waals surface area (Å²) in [5.41, 5.74) is 1.35. The first kappa shape index (κ1) is 8.86. The van der Waals surface area contributed by atoms with Crippen molar-refractivity contribution in [2.24, 2.45) is 11.8 Å². The number of allylic oxidation sites excluding steroid dienone is 4. The Balaban J connectivity index is 2.81. The molecule has 0 aromatic rings. The normalized spacial score (nSPS) is 25.0. The Hall–Kier alpha value is -0.230. The quantitative estimate of drug-likeness (QED) is 0.563. The van der Waals surface area contributed by atoms with E-state index in [2.05, 4.69) is 26.8 Å². The van der Waals surface area contributed by atoms with Crippen LogP contribution in [0.3, 0.4) is 0 Å². The predicted octanol–water partition coefficient (Wildman–Crippen LogP) is 3.73. The van der Waals surface area contributed by atoms with Gasteiger partial charge in [0.25, 0.3) is 0 Å². The van der Waals surface area contributed by atoms with Crippen molar-refractivity contribution >= 4 is 11.6 Å². The molecule has 0 radical (unpaired) electrons. The second kappa shape index (κ2) is 3.44. The fourth-order valence-corrected chi connectivity index (χ4v) is 1.80. The highest BCUT2D eigenvalue weighted by Crippen LogP contribution is 2.32.